The number of nitrogens with zero attached hydrogens (tertiary/aromatic N) is 1. The molecule has 1 heterocycles. The zero-order chi connectivity index (χ0) is 14.9. The van der Waals surface area contributed by atoms with Crippen LogP contribution in [-0.4, -0.2) is 37.2 Å². The summed E-state index contributed by atoms with van der Waals surface area (Å²) in [6.45, 7) is -0.00576. The largest absolute Gasteiger partial charge is 0.481 e. The predicted molar refractivity (Wildman–Crippen MR) is 71.6 cm³/mol. The zero-order valence-electron chi connectivity index (χ0n) is 10.5. The van der Waals surface area contributed by atoms with E-state index in [-0.39, 0.29) is 25.3 Å². The Morgan fingerprint density at radius 1 is 1.45 bits per heavy atom. The van der Waals surface area contributed by atoms with Crippen molar-refractivity contribution in [2.45, 2.75) is 18.1 Å². The summed E-state index contributed by atoms with van der Waals surface area (Å²) in [5, 5.41) is 12.9. The van der Waals surface area contributed by atoms with Gasteiger partial charge in [-0.15, -0.1) is 0 Å². The van der Waals surface area contributed by atoms with Gasteiger partial charge in [-0.1, -0.05) is 12.1 Å². The standard InChI is InChI=1S/C12H14N2O5S/c13-20(18,19)10-6-11(15)14(7-10)9-3-1-2-8(4-9)5-12(16)17/h1-4,10H,5-7H2,(H,16,17)(H2,13,18,19). The van der Waals surface area contributed by atoms with E-state index in [1.165, 1.54) is 4.90 Å². The molecule has 1 fully saturated rings. The number of carbonyl (C=O) groups excluding carboxylic acids is 1. The molecule has 1 aliphatic rings. The summed E-state index contributed by atoms with van der Waals surface area (Å²) >= 11 is 0. The average Bonchev–Trinajstić information content (AvgIpc) is 2.70. The first-order valence-corrected chi connectivity index (χ1v) is 7.51. The summed E-state index contributed by atoms with van der Waals surface area (Å²) < 4.78 is 22.6. The maximum Gasteiger partial charge on any atom is 0.307 e. The second-order valence-corrected chi connectivity index (χ2v) is 6.50. The number of anilines is 1. The number of carbonyl (C=O) groups is 2. The summed E-state index contributed by atoms with van der Waals surface area (Å²) in [6.07, 6.45) is -0.309. The lowest BCUT2D eigenvalue weighted by Gasteiger charge is -2.17. The van der Waals surface area contributed by atoms with Crippen molar-refractivity contribution in [3.05, 3.63) is 29.8 Å². The summed E-state index contributed by atoms with van der Waals surface area (Å²) in [4.78, 5) is 23.8. The van der Waals surface area contributed by atoms with Crippen molar-refractivity contribution < 1.29 is 23.1 Å². The normalized spacial score (nSPS) is 19.4. The Balaban J connectivity index is 2.24. The van der Waals surface area contributed by atoms with Crippen LogP contribution in [0.25, 0.3) is 0 Å². The Hall–Kier alpha value is -1.93. The molecule has 20 heavy (non-hydrogen) atoms. The third kappa shape index (κ3) is 3.14. The number of primary sulfonamides is 1. The molecule has 1 aromatic rings. The number of amides is 1. The van der Waals surface area contributed by atoms with Crippen molar-refractivity contribution in [2.75, 3.05) is 11.4 Å². The van der Waals surface area contributed by atoms with Crippen LogP contribution in [0.3, 0.4) is 0 Å². The first-order valence-electron chi connectivity index (χ1n) is 5.90. The smallest absolute Gasteiger partial charge is 0.307 e. The maximum atomic E-state index is 11.9. The van der Waals surface area contributed by atoms with E-state index in [4.69, 9.17) is 10.2 Å². The second kappa shape index (κ2) is 5.22. The highest BCUT2D eigenvalue weighted by Crippen LogP contribution is 2.25. The van der Waals surface area contributed by atoms with Crippen LogP contribution in [0.4, 0.5) is 5.69 Å². The van der Waals surface area contributed by atoms with Crippen LogP contribution in [0.2, 0.25) is 0 Å². The molecule has 0 aromatic heterocycles. The highest BCUT2D eigenvalue weighted by atomic mass is 32.2. The number of aliphatic carboxylic acids is 1. The first kappa shape index (κ1) is 14.5. The molecule has 1 unspecified atom stereocenters. The number of benzene rings is 1. The minimum absolute atomic E-state index is 0.00576. The molecule has 2 rings (SSSR count). The fourth-order valence-electron chi connectivity index (χ4n) is 2.15. The highest BCUT2D eigenvalue weighted by Gasteiger charge is 2.37. The lowest BCUT2D eigenvalue weighted by Crippen LogP contribution is -2.32. The average molecular weight is 298 g/mol. The van der Waals surface area contributed by atoms with Gasteiger partial charge in [0.15, 0.2) is 0 Å². The van der Waals surface area contributed by atoms with Crippen molar-refractivity contribution in [3.8, 4) is 0 Å². The van der Waals surface area contributed by atoms with E-state index in [1.807, 2.05) is 0 Å². The van der Waals surface area contributed by atoms with Crippen LogP contribution >= 0.6 is 0 Å². The summed E-state index contributed by atoms with van der Waals surface area (Å²) in [7, 11) is -3.76. The van der Waals surface area contributed by atoms with Gasteiger partial charge in [0, 0.05) is 18.7 Å². The molecule has 8 heteroatoms. The number of sulfonamides is 1. The number of carboxylic acid groups (broad SMARTS) is 1. The molecule has 1 saturated heterocycles. The number of hydrogen-bond donors (Lipinski definition) is 2. The van der Waals surface area contributed by atoms with Crippen molar-refractivity contribution in [3.63, 3.8) is 0 Å². The molecule has 1 aromatic carbocycles. The fraction of sp³-hybridized carbons (Fsp3) is 0.333. The molecule has 7 nitrogen and oxygen atoms in total. The number of rotatable bonds is 4. The van der Waals surface area contributed by atoms with Gasteiger partial charge in [-0.25, -0.2) is 13.6 Å². The third-order valence-corrected chi connectivity index (χ3v) is 4.38. The highest BCUT2D eigenvalue weighted by molar-refractivity contribution is 7.89. The van der Waals surface area contributed by atoms with Crippen molar-refractivity contribution in [2.24, 2.45) is 5.14 Å². The molecule has 3 N–H and O–H groups in total. The molecule has 108 valence electrons. The van der Waals surface area contributed by atoms with E-state index >= 15 is 0 Å². The van der Waals surface area contributed by atoms with Crippen molar-refractivity contribution in [1.82, 2.24) is 0 Å². The fourth-order valence-corrected chi connectivity index (χ4v) is 2.89. The van der Waals surface area contributed by atoms with Gasteiger partial charge in [0.25, 0.3) is 0 Å². The van der Waals surface area contributed by atoms with E-state index in [0.29, 0.717) is 11.3 Å². The minimum atomic E-state index is -3.76. The number of carboxylic acids is 1. The molecule has 0 bridgehead atoms. The van der Waals surface area contributed by atoms with Crippen LogP contribution in [0.15, 0.2) is 24.3 Å². The Bertz CT molecular complexity index is 656. The number of hydrogen-bond acceptors (Lipinski definition) is 4. The summed E-state index contributed by atoms with van der Waals surface area (Å²) in [6, 6.07) is 6.47. The second-order valence-electron chi connectivity index (χ2n) is 4.66. The van der Waals surface area contributed by atoms with Crippen LogP contribution < -0.4 is 10.0 Å². The SMILES string of the molecule is NS(=O)(=O)C1CC(=O)N(c2cccc(CC(=O)O)c2)C1. The van der Waals surface area contributed by atoms with Gasteiger partial charge >= 0.3 is 5.97 Å². The molecule has 0 aliphatic carbocycles. The van der Waals surface area contributed by atoms with Gasteiger partial charge in [0.05, 0.1) is 6.42 Å². The van der Waals surface area contributed by atoms with Crippen LogP contribution in [0, 0.1) is 0 Å². The monoisotopic (exact) mass is 298 g/mol. The zero-order valence-corrected chi connectivity index (χ0v) is 11.3. The van der Waals surface area contributed by atoms with Crippen molar-refractivity contribution in [1.29, 1.82) is 0 Å². The van der Waals surface area contributed by atoms with E-state index in [2.05, 4.69) is 0 Å². The minimum Gasteiger partial charge on any atom is -0.481 e. The van der Waals surface area contributed by atoms with Gasteiger partial charge < -0.3 is 10.0 Å². The topological polar surface area (TPSA) is 118 Å². The first-order chi connectivity index (χ1) is 9.27. The van der Waals surface area contributed by atoms with E-state index in [9.17, 15) is 18.0 Å². The van der Waals surface area contributed by atoms with E-state index in [0.717, 1.165) is 0 Å². The Labute approximate surface area is 116 Å². The molecule has 0 spiro atoms. The van der Waals surface area contributed by atoms with Crippen molar-refractivity contribution >= 4 is 27.6 Å². The van der Waals surface area contributed by atoms with Gasteiger partial charge in [-0.05, 0) is 17.7 Å². The molecular formula is C12H14N2O5S. The van der Waals surface area contributed by atoms with E-state index < -0.39 is 21.2 Å². The van der Waals surface area contributed by atoms with Crippen LogP contribution in [-0.2, 0) is 26.0 Å². The number of nitrogens with two attached hydrogens (primary N) is 1. The van der Waals surface area contributed by atoms with Crippen LogP contribution in [0.5, 0.6) is 0 Å². The van der Waals surface area contributed by atoms with Gasteiger partial charge in [-0.3, -0.25) is 9.59 Å². The molecular weight excluding hydrogens is 284 g/mol. The third-order valence-electron chi connectivity index (χ3n) is 3.13. The lowest BCUT2D eigenvalue weighted by molar-refractivity contribution is -0.136. The Morgan fingerprint density at radius 2 is 2.15 bits per heavy atom. The predicted octanol–water partition coefficient (Wildman–Crippen LogP) is -0.292. The summed E-state index contributed by atoms with van der Waals surface area (Å²) in [5.41, 5.74) is 1.03. The molecule has 1 atom stereocenters. The van der Waals surface area contributed by atoms with E-state index in [1.54, 1.807) is 24.3 Å². The summed E-state index contributed by atoms with van der Waals surface area (Å²) in [5.74, 6) is -1.31. The molecule has 0 saturated carbocycles. The quantitative estimate of drug-likeness (QED) is 0.791. The van der Waals surface area contributed by atoms with Gasteiger partial charge in [0.2, 0.25) is 15.9 Å². The Morgan fingerprint density at radius 3 is 2.70 bits per heavy atom. The molecule has 1 amide bonds. The van der Waals surface area contributed by atoms with Gasteiger partial charge in [-0.2, -0.15) is 0 Å². The molecule has 1 aliphatic heterocycles. The van der Waals surface area contributed by atoms with Crippen LogP contribution in [0.1, 0.15) is 12.0 Å². The van der Waals surface area contributed by atoms with Gasteiger partial charge in [0.1, 0.15) is 5.25 Å². The lowest BCUT2D eigenvalue weighted by atomic mass is 10.1. The molecule has 0 radical (unpaired) electrons. The maximum absolute atomic E-state index is 11.9. The Kier molecular flexibility index (Phi) is 3.78.